The van der Waals surface area contributed by atoms with Gasteiger partial charge in [-0.3, -0.25) is 14.4 Å². The van der Waals surface area contributed by atoms with Gasteiger partial charge in [0.15, 0.2) is 5.79 Å². The number of benzene rings is 2. The molecule has 280 valence electrons. The average molecular weight is 721 g/mol. The fourth-order valence-electron chi connectivity index (χ4n) is 6.44. The molecule has 0 aromatic heterocycles. The van der Waals surface area contributed by atoms with Crippen molar-refractivity contribution < 1.29 is 53.1 Å². The molecule has 4 atom stereocenters. The van der Waals surface area contributed by atoms with Crippen LogP contribution in [0.15, 0.2) is 66.4 Å². The third-order valence-electron chi connectivity index (χ3n) is 8.82. The summed E-state index contributed by atoms with van der Waals surface area (Å²) in [6, 6.07) is 14.1. The van der Waals surface area contributed by atoms with E-state index in [9.17, 15) is 24.3 Å². The summed E-state index contributed by atoms with van der Waals surface area (Å²) < 4.78 is 29.5. The van der Waals surface area contributed by atoms with Gasteiger partial charge in [-0.25, -0.2) is 4.79 Å². The van der Waals surface area contributed by atoms with Gasteiger partial charge in [0.25, 0.3) is 0 Å². The normalized spacial score (nSPS) is 20.8. The van der Waals surface area contributed by atoms with Crippen molar-refractivity contribution >= 4 is 29.8 Å². The largest absolute Gasteiger partial charge is 0.499 e. The van der Waals surface area contributed by atoms with Crippen LogP contribution in [0.4, 0.5) is 0 Å². The quantitative estimate of drug-likeness (QED) is 0.121. The minimum absolute atomic E-state index is 0.00715. The van der Waals surface area contributed by atoms with E-state index >= 15 is 0 Å². The van der Waals surface area contributed by atoms with Gasteiger partial charge >= 0.3 is 11.9 Å². The zero-order valence-electron chi connectivity index (χ0n) is 29.8. The van der Waals surface area contributed by atoms with Crippen molar-refractivity contribution in [3.8, 4) is 0 Å². The van der Waals surface area contributed by atoms with Gasteiger partial charge in [-0.15, -0.1) is 0 Å². The molecule has 1 fully saturated rings. The molecule has 0 radical (unpaired) electrons. The van der Waals surface area contributed by atoms with Crippen molar-refractivity contribution in [3.63, 3.8) is 0 Å². The van der Waals surface area contributed by atoms with Crippen LogP contribution in [0.25, 0.3) is 6.08 Å². The number of hydrogen-bond acceptors (Lipinski definition) is 11. The van der Waals surface area contributed by atoms with Crippen molar-refractivity contribution in [1.29, 1.82) is 0 Å². The molecular weight excluding hydrogens is 672 g/mol. The van der Waals surface area contributed by atoms with Gasteiger partial charge in [-0.2, -0.15) is 0 Å². The van der Waals surface area contributed by atoms with Gasteiger partial charge < -0.3 is 44.5 Å². The van der Waals surface area contributed by atoms with Crippen LogP contribution in [0.3, 0.4) is 0 Å². The minimum Gasteiger partial charge on any atom is -0.499 e. The molecule has 5 rings (SSSR count). The first-order valence-electron chi connectivity index (χ1n) is 17.6. The predicted octanol–water partition coefficient (Wildman–Crippen LogP) is 2.91. The maximum atomic E-state index is 13.4. The molecule has 13 nitrogen and oxygen atoms in total. The van der Waals surface area contributed by atoms with Crippen molar-refractivity contribution in [2.75, 3.05) is 26.4 Å². The van der Waals surface area contributed by atoms with Crippen molar-refractivity contribution in [2.24, 2.45) is 0 Å². The molecule has 0 bridgehead atoms. The first kappa shape index (κ1) is 38.7. The van der Waals surface area contributed by atoms with E-state index in [0.29, 0.717) is 24.0 Å². The highest BCUT2D eigenvalue weighted by atomic mass is 16.8. The maximum Gasteiger partial charge on any atom is 0.338 e. The molecule has 4 unspecified atom stereocenters. The summed E-state index contributed by atoms with van der Waals surface area (Å²) >= 11 is 0. The summed E-state index contributed by atoms with van der Waals surface area (Å²) in [5.41, 5.74) is 3.02. The Morgan fingerprint density at radius 1 is 1.00 bits per heavy atom. The lowest BCUT2D eigenvalue weighted by molar-refractivity contribution is -0.172. The first-order chi connectivity index (χ1) is 24.9. The average Bonchev–Trinajstić information content (AvgIpc) is 3.65. The topological polar surface area (TPSA) is 179 Å². The van der Waals surface area contributed by atoms with Gasteiger partial charge in [0.2, 0.25) is 11.8 Å². The number of carbonyl (C=O) groups is 4. The number of esters is 2. The number of hydrogen-bond donors (Lipinski definition) is 4. The molecule has 1 saturated heterocycles. The van der Waals surface area contributed by atoms with E-state index in [1.54, 1.807) is 57.2 Å². The number of rotatable bonds is 15. The van der Waals surface area contributed by atoms with E-state index in [4.69, 9.17) is 28.8 Å². The molecule has 0 saturated carbocycles. The van der Waals surface area contributed by atoms with E-state index in [1.165, 1.54) is 6.26 Å². The first-order valence-corrected chi connectivity index (χ1v) is 17.6. The zero-order chi connectivity index (χ0) is 37.3. The van der Waals surface area contributed by atoms with E-state index in [0.717, 1.165) is 16.7 Å². The van der Waals surface area contributed by atoms with Crippen LogP contribution in [-0.4, -0.2) is 96.1 Å². The van der Waals surface area contributed by atoms with Crippen LogP contribution in [-0.2, 0) is 50.9 Å². The molecule has 1 heterocycles. The van der Waals surface area contributed by atoms with Gasteiger partial charge in [0.05, 0.1) is 31.1 Å². The smallest absolute Gasteiger partial charge is 0.338 e. The number of ether oxygens (including phenoxy) is 5. The summed E-state index contributed by atoms with van der Waals surface area (Å²) in [5.74, 6) is -2.80. The Labute approximate surface area is 303 Å². The van der Waals surface area contributed by atoms with E-state index < -0.39 is 59.5 Å². The number of aliphatic hydroxyl groups is 2. The number of carbonyl (C=O) groups excluding carboxylic acids is 4. The standard InChI is InChI=1S/C39H48N2O11/c1-38(2,3)51-34(45)13-12-30(24-43)41-33(44)14-16-40-36(46)29-20-31(49-37(47)26-10-8-25(9-11-26)15-18-48-19-17-42)35-32(21-29)50-39(52-35)22-27-6-4-5-7-28(27)23-39/h4-11,15,18,21,30-32,35,42-43H,12-14,16-17,19-20,22-24H2,1-3H3,(H,40,46)(H,41,44). The molecule has 2 aromatic carbocycles. The third-order valence-corrected chi connectivity index (χ3v) is 8.82. The molecule has 3 aliphatic rings. The number of amides is 2. The Balaban J connectivity index is 1.20. The SMILES string of the molecule is CC(C)(C)OC(=O)CCC(CO)NC(=O)CCNC(=O)C1=CC2OC3(Cc4ccccc4C3)OC2C(OC(=O)c2ccc(C=COCCO)cc2)C1. The monoisotopic (exact) mass is 720 g/mol. The van der Waals surface area contributed by atoms with Gasteiger partial charge in [0, 0.05) is 44.2 Å². The zero-order valence-corrected chi connectivity index (χ0v) is 29.8. The van der Waals surface area contributed by atoms with Crippen molar-refractivity contribution in [3.05, 3.63) is 88.7 Å². The van der Waals surface area contributed by atoms with Gasteiger partial charge in [-0.1, -0.05) is 36.4 Å². The third kappa shape index (κ3) is 10.5. The molecule has 2 aliphatic carbocycles. The molecule has 1 spiro atoms. The lowest BCUT2D eigenvalue weighted by Crippen LogP contribution is -2.44. The molecule has 13 heteroatoms. The van der Waals surface area contributed by atoms with Crippen LogP contribution < -0.4 is 10.6 Å². The minimum atomic E-state index is -0.955. The van der Waals surface area contributed by atoms with Gasteiger partial charge in [0.1, 0.15) is 30.5 Å². The highest BCUT2D eigenvalue weighted by molar-refractivity contribution is 5.94. The lowest BCUT2D eigenvalue weighted by atomic mass is 9.91. The number of fused-ring (bicyclic) bond motifs is 2. The fourth-order valence-corrected chi connectivity index (χ4v) is 6.44. The predicted molar refractivity (Wildman–Crippen MR) is 188 cm³/mol. The molecule has 4 N–H and O–H groups in total. The van der Waals surface area contributed by atoms with E-state index in [-0.39, 0.29) is 52.0 Å². The van der Waals surface area contributed by atoms with E-state index in [2.05, 4.69) is 10.6 Å². The van der Waals surface area contributed by atoms with Crippen LogP contribution in [0, 0.1) is 0 Å². The number of aliphatic hydroxyl groups excluding tert-OH is 2. The Morgan fingerprint density at radius 2 is 1.71 bits per heavy atom. The van der Waals surface area contributed by atoms with Crippen LogP contribution in [0.1, 0.15) is 73.5 Å². The summed E-state index contributed by atoms with van der Waals surface area (Å²) in [5, 5.41) is 24.0. The Morgan fingerprint density at radius 3 is 2.37 bits per heavy atom. The maximum absolute atomic E-state index is 13.4. The summed E-state index contributed by atoms with van der Waals surface area (Å²) in [6.45, 7) is 5.02. The Kier molecular flexibility index (Phi) is 12.9. The summed E-state index contributed by atoms with van der Waals surface area (Å²) in [7, 11) is 0. The highest BCUT2D eigenvalue weighted by Gasteiger charge is 2.55. The molecule has 2 amide bonds. The molecule has 2 aromatic rings. The Bertz CT molecular complexity index is 1620. The molecule has 1 aliphatic heterocycles. The molecular formula is C39H48N2O11. The van der Waals surface area contributed by atoms with E-state index in [1.807, 2.05) is 24.3 Å². The van der Waals surface area contributed by atoms with Crippen LogP contribution in [0.5, 0.6) is 0 Å². The van der Waals surface area contributed by atoms with Crippen LogP contribution in [0.2, 0.25) is 0 Å². The Hall–Kier alpha value is -4.56. The van der Waals surface area contributed by atoms with Crippen LogP contribution >= 0.6 is 0 Å². The second-order valence-corrected chi connectivity index (χ2v) is 14.1. The summed E-state index contributed by atoms with van der Waals surface area (Å²) in [4.78, 5) is 51.5. The van der Waals surface area contributed by atoms with Crippen molar-refractivity contribution in [2.45, 2.75) is 95.0 Å². The second-order valence-electron chi connectivity index (χ2n) is 14.1. The van der Waals surface area contributed by atoms with Crippen molar-refractivity contribution in [1.82, 2.24) is 10.6 Å². The summed E-state index contributed by atoms with van der Waals surface area (Å²) in [6.07, 6.45) is 4.01. The molecule has 52 heavy (non-hydrogen) atoms. The van der Waals surface area contributed by atoms with Gasteiger partial charge in [-0.05, 0) is 68.2 Å². The lowest BCUT2D eigenvalue weighted by Gasteiger charge is -2.30. The number of nitrogens with one attached hydrogen (secondary N) is 2. The second kappa shape index (κ2) is 17.3. The highest BCUT2D eigenvalue weighted by Crippen LogP contribution is 2.45. The fraction of sp³-hybridized carbons (Fsp3) is 0.487.